The van der Waals surface area contributed by atoms with Crippen molar-refractivity contribution in [2.24, 2.45) is 0 Å². The van der Waals surface area contributed by atoms with E-state index in [1.165, 1.54) is 18.2 Å². The lowest BCUT2D eigenvalue weighted by molar-refractivity contribution is -0.111. The van der Waals surface area contributed by atoms with Crippen LogP contribution in [0.25, 0.3) is 6.08 Å². The molecule has 25 heavy (non-hydrogen) atoms. The molecular weight excluding hydrogens is 352 g/mol. The zero-order chi connectivity index (χ0) is 18.4. The molecule has 0 aliphatic carbocycles. The van der Waals surface area contributed by atoms with Crippen molar-refractivity contribution in [1.29, 1.82) is 0 Å². The minimum atomic E-state index is -4.64. The van der Waals surface area contributed by atoms with Gasteiger partial charge in [-0.1, -0.05) is 12.1 Å². The van der Waals surface area contributed by atoms with Crippen molar-refractivity contribution in [2.45, 2.75) is 10.7 Å². The summed E-state index contributed by atoms with van der Waals surface area (Å²) in [4.78, 5) is 11.3. The molecule has 0 saturated heterocycles. The van der Waals surface area contributed by atoms with Crippen LogP contribution in [0.3, 0.4) is 0 Å². The van der Waals surface area contributed by atoms with Crippen LogP contribution in [0, 0.1) is 0 Å². The fourth-order valence-electron chi connectivity index (χ4n) is 1.90. The fraction of sp³-hybridized carbons (Fsp3) is 0.118. The molecule has 1 N–H and O–H groups in total. The highest BCUT2D eigenvalue weighted by Gasteiger charge is 2.26. The van der Waals surface area contributed by atoms with E-state index < -0.39 is 26.4 Å². The molecule has 0 spiro atoms. The van der Waals surface area contributed by atoms with Gasteiger partial charge in [-0.2, -0.15) is 8.78 Å². The van der Waals surface area contributed by atoms with Crippen LogP contribution in [0.2, 0.25) is 0 Å². The van der Waals surface area contributed by atoms with Gasteiger partial charge < -0.3 is 10.1 Å². The van der Waals surface area contributed by atoms with Crippen molar-refractivity contribution in [3.05, 3.63) is 60.2 Å². The number of hydrogen-bond donors (Lipinski definition) is 1. The highest BCUT2D eigenvalue weighted by molar-refractivity contribution is 7.91. The molecule has 2 aromatic rings. The molecule has 5 nitrogen and oxygen atoms in total. The number of rotatable bonds is 6. The maximum Gasteiger partial charge on any atom is 0.341 e. The van der Waals surface area contributed by atoms with Gasteiger partial charge in [0.05, 0.1) is 12.0 Å². The number of nitrogens with one attached hydrogen (secondary N) is 1. The van der Waals surface area contributed by atoms with Gasteiger partial charge in [0.25, 0.3) is 0 Å². The number of methoxy groups -OCH3 is 1. The lowest BCUT2D eigenvalue weighted by atomic mass is 10.2. The van der Waals surface area contributed by atoms with Gasteiger partial charge in [0.15, 0.2) is 0 Å². The van der Waals surface area contributed by atoms with Gasteiger partial charge in [-0.15, -0.1) is 0 Å². The third-order valence-electron chi connectivity index (χ3n) is 3.23. The quantitative estimate of drug-likeness (QED) is 0.795. The minimum Gasteiger partial charge on any atom is -0.497 e. The van der Waals surface area contributed by atoms with Crippen molar-refractivity contribution in [2.75, 3.05) is 12.4 Å². The van der Waals surface area contributed by atoms with E-state index in [4.69, 9.17) is 4.74 Å². The lowest BCUT2D eigenvalue weighted by Gasteiger charge is -2.05. The van der Waals surface area contributed by atoms with Crippen molar-refractivity contribution in [3.63, 3.8) is 0 Å². The van der Waals surface area contributed by atoms with Gasteiger partial charge in [0, 0.05) is 11.8 Å². The van der Waals surface area contributed by atoms with E-state index in [1.807, 2.05) is 0 Å². The van der Waals surface area contributed by atoms with Crippen molar-refractivity contribution >= 4 is 27.5 Å². The van der Waals surface area contributed by atoms with Crippen LogP contribution < -0.4 is 10.1 Å². The van der Waals surface area contributed by atoms with Crippen LogP contribution in [0.1, 0.15) is 5.56 Å². The zero-order valence-electron chi connectivity index (χ0n) is 13.1. The summed E-state index contributed by atoms with van der Waals surface area (Å²) in [6.07, 6.45) is 2.88. The molecule has 8 heteroatoms. The average Bonchev–Trinajstić information content (AvgIpc) is 2.60. The Hall–Kier alpha value is -2.74. The average molecular weight is 367 g/mol. The second-order valence-electron chi connectivity index (χ2n) is 4.93. The Morgan fingerprint density at radius 1 is 1.08 bits per heavy atom. The minimum absolute atomic E-state index is 0.289. The lowest BCUT2D eigenvalue weighted by Crippen LogP contribution is -2.12. The van der Waals surface area contributed by atoms with Gasteiger partial charge in [-0.25, -0.2) is 8.42 Å². The molecule has 0 aliphatic heterocycles. The highest BCUT2D eigenvalue weighted by Crippen LogP contribution is 2.20. The molecule has 2 rings (SSSR count). The highest BCUT2D eigenvalue weighted by atomic mass is 32.2. The van der Waals surface area contributed by atoms with Crippen molar-refractivity contribution < 1.29 is 26.7 Å². The van der Waals surface area contributed by atoms with E-state index in [0.29, 0.717) is 5.75 Å². The Kier molecular flexibility index (Phi) is 5.87. The topological polar surface area (TPSA) is 72.5 Å². The fourth-order valence-corrected chi connectivity index (χ4v) is 2.62. The normalized spacial score (nSPS) is 11.7. The second-order valence-corrected chi connectivity index (χ2v) is 6.84. The van der Waals surface area contributed by atoms with Gasteiger partial charge in [-0.3, -0.25) is 4.79 Å². The SMILES string of the molecule is COc1ccc(/C=C/C(=O)Nc2ccc(S(=O)(=O)C(F)F)cc2)cc1. The van der Waals surface area contributed by atoms with E-state index in [1.54, 1.807) is 37.5 Å². The molecule has 1 amide bonds. The third-order valence-corrected chi connectivity index (χ3v) is 4.63. The molecule has 0 fully saturated rings. The number of alkyl halides is 2. The first kappa shape index (κ1) is 18.6. The summed E-state index contributed by atoms with van der Waals surface area (Å²) in [6.45, 7) is 0. The molecule has 0 unspecified atom stereocenters. The first-order valence-corrected chi connectivity index (χ1v) is 8.63. The molecule has 0 aliphatic rings. The van der Waals surface area contributed by atoms with Crippen LogP contribution in [0.15, 0.2) is 59.5 Å². The zero-order valence-corrected chi connectivity index (χ0v) is 14.0. The van der Waals surface area contributed by atoms with Crippen LogP contribution in [0.5, 0.6) is 5.75 Å². The van der Waals surface area contributed by atoms with E-state index in [0.717, 1.165) is 17.7 Å². The molecule has 132 valence electrons. The van der Waals surface area contributed by atoms with Gasteiger partial charge in [-0.05, 0) is 48.0 Å². The number of hydrogen-bond acceptors (Lipinski definition) is 4. The summed E-state index contributed by atoms with van der Waals surface area (Å²) in [7, 11) is -3.09. The summed E-state index contributed by atoms with van der Waals surface area (Å²) in [6, 6.07) is 11.6. The monoisotopic (exact) mass is 367 g/mol. The van der Waals surface area contributed by atoms with Crippen molar-refractivity contribution in [1.82, 2.24) is 0 Å². The van der Waals surface area contributed by atoms with Crippen LogP contribution in [-0.2, 0) is 14.6 Å². The molecule has 2 aromatic carbocycles. The Balaban J connectivity index is 2.01. The van der Waals surface area contributed by atoms with Gasteiger partial charge >= 0.3 is 5.76 Å². The molecule has 0 heterocycles. The predicted molar refractivity (Wildman–Crippen MR) is 90.3 cm³/mol. The number of carbonyl (C=O) groups is 1. The van der Waals surface area contributed by atoms with Gasteiger partial charge in [0.1, 0.15) is 5.75 Å². The molecule has 0 saturated carbocycles. The van der Waals surface area contributed by atoms with Crippen LogP contribution in [0.4, 0.5) is 14.5 Å². The standard InChI is InChI=1S/C17H15F2NO4S/c1-24-14-7-2-12(3-8-14)4-11-16(21)20-13-5-9-15(10-6-13)25(22,23)17(18)19/h2-11,17H,1H3,(H,20,21)/b11-4+. The molecule has 0 atom stereocenters. The molecule has 0 aromatic heterocycles. The largest absolute Gasteiger partial charge is 0.497 e. The van der Waals surface area contributed by atoms with E-state index in [9.17, 15) is 22.0 Å². The predicted octanol–water partition coefficient (Wildman–Crippen LogP) is 3.34. The summed E-state index contributed by atoms with van der Waals surface area (Å²) >= 11 is 0. The van der Waals surface area contributed by atoms with E-state index in [-0.39, 0.29) is 5.69 Å². The number of anilines is 1. The number of benzene rings is 2. The smallest absolute Gasteiger partial charge is 0.341 e. The Labute approximate surface area is 143 Å². The van der Waals surface area contributed by atoms with Gasteiger partial charge in [0.2, 0.25) is 15.7 Å². The number of amides is 1. The van der Waals surface area contributed by atoms with E-state index in [2.05, 4.69) is 5.32 Å². The van der Waals surface area contributed by atoms with Crippen LogP contribution in [-0.4, -0.2) is 27.2 Å². The number of ether oxygens (including phenoxy) is 1. The van der Waals surface area contributed by atoms with E-state index >= 15 is 0 Å². The maximum atomic E-state index is 12.4. The maximum absolute atomic E-state index is 12.4. The second kappa shape index (κ2) is 7.89. The first-order chi connectivity index (χ1) is 11.8. The number of halogens is 2. The molecule has 0 radical (unpaired) electrons. The Bertz CT molecular complexity index is 861. The molecule has 0 bridgehead atoms. The third kappa shape index (κ3) is 4.87. The summed E-state index contributed by atoms with van der Waals surface area (Å²) in [5, 5.41) is 2.51. The molecular formula is C17H15F2NO4S. The van der Waals surface area contributed by atoms with Crippen LogP contribution >= 0.6 is 0 Å². The first-order valence-electron chi connectivity index (χ1n) is 7.08. The number of carbonyl (C=O) groups excluding carboxylic acids is 1. The Morgan fingerprint density at radius 3 is 2.20 bits per heavy atom. The Morgan fingerprint density at radius 2 is 1.68 bits per heavy atom. The summed E-state index contributed by atoms with van der Waals surface area (Å²) in [5.41, 5.74) is 1.08. The summed E-state index contributed by atoms with van der Waals surface area (Å²) in [5.74, 6) is -3.24. The summed E-state index contributed by atoms with van der Waals surface area (Å²) < 4.78 is 52.5. The van der Waals surface area contributed by atoms with Crippen molar-refractivity contribution in [3.8, 4) is 5.75 Å². The number of sulfone groups is 1.